The van der Waals surface area contributed by atoms with E-state index >= 15 is 0 Å². The van der Waals surface area contributed by atoms with Crippen LogP contribution in [0, 0.1) is 5.41 Å². The van der Waals surface area contributed by atoms with Crippen molar-refractivity contribution in [1.29, 1.82) is 0 Å². The summed E-state index contributed by atoms with van der Waals surface area (Å²) in [5.74, 6) is 1.04. The van der Waals surface area contributed by atoms with Crippen molar-refractivity contribution in [3.05, 3.63) is 23.9 Å². The predicted molar refractivity (Wildman–Crippen MR) is 74.3 cm³/mol. The molecule has 0 saturated heterocycles. The minimum atomic E-state index is 0.245. The van der Waals surface area contributed by atoms with Crippen molar-refractivity contribution in [2.45, 2.75) is 40.3 Å². The van der Waals surface area contributed by atoms with Crippen molar-refractivity contribution in [2.75, 3.05) is 19.0 Å². The molecule has 1 heterocycles. The quantitative estimate of drug-likeness (QED) is 0.869. The zero-order chi connectivity index (χ0) is 13.1. The van der Waals surface area contributed by atoms with E-state index in [2.05, 4.69) is 62.1 Å². The molecule has 0 aliphatic heterocycles. The number of rotatable bonds is 4. The van der Waals surface area contributed by atoms with Crippen LogP contribution in [-0.2, 0) is 6.54 Å². The molecule has 0 fully saturated rings. The van der Waals surface area contributed by atoms with Crippen LogP contribution >= 0.6 is 0 Å². The molecule has 1 aromatic rings. The van der Waals surface area contributed by atoms with Gasteiger partial charge in [-0.2, -0.15) is 0 Å². The van der Waals surface area contributed by atoms with E-state index < -0.39 is 0 Å². The molecule has 1 atom stereocenters. The Labute approximate surface area is 105 Å². The third-order valence-electron chi connectivity index (χ3n) is 3.39. The number of aromatic nitrogens is 1. The van der Waals surface area contributed by atoms with Crippen LogP contribution in [0.1, 0.15) is 33.3 Å². The number of pyridine rings is 1. The Morgan fingerprint density at radius 1 is 1.41 bits per heavy atom. The van der Waals surface area contributed by atoms with Crippen molar-refractivity contribution in [3.8, 4) is 0 Å². The molecular weight excluding hydrogens is 210 g/mol. The zero-order valence-corrected chi connectivity index (χ0v) is 11.9. The third kappa shape index (κ3) is 3.70. The van der Waals surface area contributed by atoms with Crippen LogP contribution in [0.25, 0.3) is 0 Å². The summed E-state index contributed by atoms with van der Waals surface area (Å²) in [7, 11) is 4.07. The highest BCUT2D eigenvalue weighted by molar-refractivity contribution is 5.41. The van der Waals surface area contributed by atoms with Crippen LogP contribution in [0.2, 0.25) is 0 Å². The lowest BCUT2D eigenvalue weighted by Crippen LogP contribution is -2.39. The second-order valence-corrected chi connectivity index (χ2v) is 5.71. The molecule has 1 rings (SSSR count). The Morgan fingerprint density at radius 2 is 2.06 bits per heavy atom. The van der Waals surface area contributed by atoms with E-state index in [0.717, 1.165) is 12.4 Å². The molecule has 0 aliphatic carbocycles. The fourth-order valence-electron chi connectivity index (χ4n) is 1.75. The summed E-state index contributed by atoms with van der Waals surface area (Å²) in [6.45, 7) is 9.89. The van der Waals surface area contributed by atoms with Crippen LogP contribution in [0.3, 0.4) is 0 Å². The van der Waals surface area contributed by atoms with Crippen molar-refractivity contribution in [3.63, 3.8) is 0 Å². The molecule has 0 bridgehead atoms. The van der Waals surface area contributed by atoms with E-state index in [4.69, 9.17) is 0 Å². The largest absolute Gasteiger partial charge is 0.356 e. The fourth-order valence-corrected chi connectivity index (χ4v) is 1.75. The van der Waals surface area contributed by atoms with Gasteiger partial charge in [-0.25, -0.2) is 4.98 Å². The number of hydrogen-bond donors (Lipinski definition) is 1. The first-order chi connectivity index (χ1) is 7.86. The molecule has 1 N–H and O–H groups in total. The maximum atomic E-state index is 4.45. The summed E-state index contributed by atoms with van der Waals surface area (Å²) in [6, 6.07) is 4.65. The highest BCUT2D eigenvalue weighted by atomic mass is 15.2. The molecular formula is C14H25N3. The van der Waals surface area contributed by atoms with Gasteiger partial charge in [0.2, 0.25) is 0 Å². The van der Waals surface area contributed by atoms with Gasteiger partial charge in [0.05, 0.1) is 0 Å². The van der Waals surface area contributed by atoms with Gasteiger partial charge in [-0.1, -0.05) is 20.8 Å². The SMILES string of the molecule is CNCc1ccnc(N(C)C(C)C(C)(C)C)c1. The third-order valence-corrected chi connectivity index (χ3v) is 3.39. The number of hydrogen-bond acceptors (Lipinski definition) is 3. The first-order valence-corrected chi connectivity index (χ1v) is 6.18. The normalized spacial score (nSPS) is 13.5. The molecule has 0 aromatic carbocycles. The summed E-state index contributed by atoms with van der Waals surface area (Å²) in [6.07, 6.45) is 1.88. The van der Waals surface area contributed by atoms with Gasteiger partial charge in [-0.05, 0) is 37.1 Å². The summed E-state index contributed by atoms with van der Waals surface area (Å²) in [4.78, 5) is 6.70. The molecule has 3 heteroatoms. The molecule has 3 nitrogen and oxygen atoms in total. The van der Waals surface area contributed by atoms with Crippen molar-refractivity contribution in [2.24, 2.45) is 5.41 Å². The van der Waals surface area contributed by atoms with Crippen molar-refractivity contribution in [1.82, 2.24) is 10.3 Å². The topological polar surface area (TPSA) is 28.2 Å². The van der Waals surface area contributed by atoms with Crippen molar-refractivity contribution < 1.29 is 0 Å². The van der Waals surface area contributed by atoms with Crippen LogP contribution < -0.4 is 10.2 Å². The van der Waals surface area contributed by atoms with Crippen molar-refractivity contribution >= 4 is 5.82 Å². The van der Waals surface area contributed by atoms with Gasteiger partial charge < -0.3 is 10.2 Å². The Bertz CT molecular complexity index is 355. The Morgan fingerprint density at radius 3 is 2.59 bits per heavy atom. The average molecular weight is 235 g/mol. The highest BCUT2D eigenvalue weighted by Crippen LogP contribution is 2.26. The Kier molecular flexibility index (Phi) is 4.52. The number of nitrogens with one attached hydrogen (secondary N) is 1. The first kappa shape index (κ1) is 14.0. The Hall–Kier alpha value is -1.09. The maximum Gasteiger partial charge on any atom is 0.128 e. The van der Waals surface area contributed by atoms with Crippen LogP contribution in [0.4, 0.5) is 5.82 Å². The molecule has 0 saturated carbocycles. The summed E-state index contributed by atoms with van der Waals surface area (Å²) >= 11 is 0. The molecule has 17 heavy (non-hydrogen) atoms. The van der Waals surface area contributed by atoms with E-state index in [1.807, 2.05) is 13.2 Å². The van der Waals surface area contributed by atoms with E-state index in [1.165, 1.54) is 5.56 Å². The van der Waals surface area contributed by atoms with E-state index in [0.29, 0.717) is 6.04 Å². The first-order valence-electron chi connectivity index (χ1n) is 6.18. The summed E-state index contributed by atoms with van der Waals surface area (Å²) in [5, 5.41) is 3.16. The smallest absolute Gasteiger partial charge is 0.128 e. The van der Waals surface area contributed by atoms with Crippen LogP contribution in [-0.4, -0.2) is 25.1 Å². The summed E-state index contributed by atoms with van der Waals surface area (Å²) < 4.78 is 0. The minimum absolute atomic E-state index is 0.245. The number of anilines is 1. The van der Waals surface area contributed by atoms with Gasteiger partial charge in [0.25, 0.3) is 0 Å². The Balaban J connectivity index is 2.88. The van der Waals surface area contributed by atoms with E-state index in [9.17, 15) is 0 Å². The molecule has 96 valence electrons. The fraction of sp³-hybridized carbons (Fsp3) is 0.643. The van der Waals surface area contributed by atoms with Gasteiger partial charge >= 0.3 is 0 Å². The highest BCUT2D eigenvalue weighted by Gasteiger charge is 2.24. The lowest BCUT2D eigenvalue weighted by Gasteiger charge is -2.36. The van der Waals surface area contributed by atoms with E-state index in [-0.39, 0.29) is 5.41 Å². The molecule has 1 aromatic heterocycles. The standard InChI is InChI=1S/C14H25N3/c1-11(14(2,3)4)17(6)13-9-12(10-15-5)7-8-16-13/h7-9,11,15H,10H2,1-6H3. The minimum Gasteiger partial charge on any atom is -0.356 e. The lowest BCUT2D eigenvalue weighted by molar-refractivity contribution is 0.328. The second kappa shape index (κ2) is 5.50. The van der Waals surface area contributed by atoms with E-state index in [1.54, 1.807) is 0 Å². The van der Waals surface area contributed by atoms with Gasteiger partial charge in [-0.15, -0.1) is 0 Å². The second-order valence-electron chi connectivity index (χ2n) is 5.71. The molecule has 0 spiro atoms. The molecule has 0 radical (unpaired) electrons. The maximum absolute atomic E-state index is 4.45. The molecule has 1 unspecified atom stereocenters. The molecule has 0 aliphatic rings. The van der Waals surface area contributed by atoms with Crippen LogP contribution in [0.5, 0.6) is 0 Å². The average Bonchev–Trinajstić information content (AvgIpc) is 2.27. The zero-order valence-electron chi connectivity index (χ0n) is 11.9. The number of nitrogens with zero attached hydrogens (tertiary/aromatic N) is 2. The van der Waals surface area contributed by atoms with Gasteiger partial charge in [0.15, 0.2) is 0 Å². The van der Waals surface area contributed by atoms with Crippen LogP contribution in [0.15, 0.2) is 18.3 Å². The van der Waals surface area contributed by atoms with Gasteiger partial charge in [0.1, 0.15) is 5.82 Å². The molecule has 0 amide bonds. The lowest BCUT2D eigenvalue weighted by atomic mass is 9.87. The van der Waals surface area contributed by atoms with Gasteiger partial charge in [-0.3, -0.25) is 0 Å². The monoisotopic (exact) mass is 235 g/mol. The summed E-state index contributed by atoms with van der Waals surface area (Å²) in [5.41, 5.74) is 1.51. The predicted octanol–water partition coefficient (Wildman–Crippen LogP) is 2.67. The van der Waals surface area contributed by atoms with Gasteiger partial charge in [0, 0.05) is 25.8 Å².